The molecule has 0 amide bonds. The summed E-state index contributed by atoms with van der Waals surface area (Å²) in [5, 5.41) is 11.9. The number of rotatable bonds is 5. The first-order valence-electron chi connectivity index (χ1n) is 8.40. The second-order valence-electron chi connectivity index (χ2n) is 6.04. The zero-order valence-corrected chi connectivity index (χ0v) is 16.6. The molecule has 0 fully saturated rings. The van der Waals surface area contributed by atoms with E-state index >= 15 is 0 Å². The summed E-state index contributed by atoms with van der Waals surface area (Å²) in [6.07, 6.45) is 1.51. The van der Waals surface area contributed by atoms with Crippen molar-refractivity contribution in [2.24, 2.45) is 4.99 Å². The van der Waals surface area contributed by atoms with Crippen LogP contribution in [0.1, 0.15) is 21.5 Å². The molecule has 0 atom stereocenters. The number of esters is 1. The van der Waals surface area contributed by atoms with Gasteiger partial charge < -0.3 is 4.74 Å². The molecule has 0 spiro atoms. The van der Waals surface area contributed by atoms with Gasteiger partial charge in [0.25, 0.3) is 0 Å². The van der Waals surface area contributed by atoms with Crippen molar-refractivity contribution in [2.45, 2.75) is 6.92 Å². The van der Waals surface area contributed by atoms with Crippen LogP contribution in [0.3, 0.4) is 0 Å². The van der Waals surface area contributed by atoms with Gasteiger partial charge in [0.2, 0.25) is 5.75 Å². The maximum atomic E-state index is 12.4. The predicted molar refractivity (Wildman–Crippen MR) is 113 cm³/mol. The first kappa shape index (κ1) is 20.5. The van der Waals surface area contributed by atoms with Gasteiger partial charge in [-0.3, -0.25) is 15.1 Å². The van der Waals surface area contributed by atoms with Crippen molar-refractivity contribution in [3.05, 3.63) is 97.5 Å². The van der Waals surface area contributed by atoms with E-state index in [1.54, 1.807) is 6.07 Å². The van der Waals surface area contributed by atoms with E-state index in [1.807, 2.05) is 31.2 Å². The molecule has 0 heterocycles. The first-order chi connectivity index (χ1) is 13.8. The molecule has 146 valence electrons. The van der Waals surface area contributed by atoms with Crippen LogP contribution in [-0.4, -0.2) is 17.1 Å². The lowest BCUT2D eigenvalue weighted by Crippen LogP contribution is -2.10. The van der Waals surface area contributed by atoms with E-state index in [2.05, 4.69) is 4.99 Å². The molecule has 0 saturated carbocycles. The summed E-state index contributed by atoms with van der Waals surface area (Å²) in [5.74, 6) is -1.02. The zero-order valence-electron chi connectivity index (χ0n) is 15.1. The zero-order chi connectivity index (χ0) is 21.0. The fourth-order valence-corrected chi connectivity index (χ4v) is 2.99. The lowest BCUT2D eigenvalue weighted by Gasteiger charge is -2.07. The minimum absolute atomic E-state index is 0.0514. The molecule has 8 heteroatoms. The van der Waals surface area contributed by atoms with E-state index in [0.29, 0.717) is 10.6 Å². The van der Waals surface area contributed by atoms with Crippen LogP contribution in [0.5, 0.6) is 5.75 Å². The number of hydrogen-bond acceptors (Lipinski definition) is 5. The van der Waals surface area contributed by atoms with E-state index in [4.69, 9.17) is 27.9 Å². The van der Waals surface area contributed by atoms with E-state index in [9.17, 15) is 14.9 Å². The van der Waals surface area contributed by atoms with Crippen molar-refractivity contribution >= 4 is 46.8 Å². The lowest BCUT2D eigenvalue weighted by atomic mass is 10.2. The van der Waals surface area contributed by atoms with Gasteiger partial charge in [-0.15, -0.1) is 0 Å². The molecule has 0 aliphatic carbocycles. The molecule has 0 radical (unpaired) electrons. The third-order valence-corrected chi connectivity index (χ3v) is 4.55. The summed E-state index contributed by atoms with van der Waals surface area (Å²) in [4.78, 5) is 27.5. The highest BCUT2D eigenvalue weighted by Crippen LogP contribution is 2.30. The summed E-state index contributed by atoms with van der Waals surface area (Å²) in [6.45, 7) is 1.92. The number of para-hydroxylation sites is 1. The van der Waals surface area contributed by atoms with Crippen LogP contribution < -0.4 is 4.74 Å². The Morgan fingerprint density at radius 2 is 1.86 bits per heavy atom. The van der Waals surface area contributed by atoms with Crippen molar-refractivity contribution in [2.75, 3.05) is 0 Å². The van der Waals surface area contributed by atoms with Gasteiger partial charge in [-0.1, -0.05) is 41.4 Å². The average molecular weight is 429 g/mol. The average Bonchev–Trinajstić information content (AvgIpc) is 2.68. The fraction of sp³-hybridized carbons (Fsp3) is 0.0476. The molecule has 0 saturated heterocycles. The van der Waals surface area contributed by atoms with Gasteiger partial charge in [0.15, 0.2) is 0 Å². The molecule has 0 bridgehead atoms. The highest BCUT2D eigenvalue weighted by atomic mass is 35.5. The highest BCUT2D eigenvalue weighted by Gasteiger charge is 2.21. The van der Waals surface area contributed by atoms with Gasteiger partial charge in [-0.2, -0.15) is 0 Å². The number of aryl methyl sites for hydroxylation is 1. The predicted octanol–water partition coefficient (Wildman–Crippen LogP) is 6.18. The van der Waals surface area contributed by atoms with Crippen LogP contribution in [0.25, 0.3) is 0 Å². The van der Waals surface area contributed by atoms with E-state index in [1.165, 1.54) is 36.5 Å². The number of benzene rings is 3. The minimum atomic E-state index is -0.823. The van der Waals surface area contributed by atoms with Crippen LogP contribution in [0.2, 0.25) is 10.0 Å². The number of carbonyl (C=O) groups excluding carboxylic acids is 1. The summed E-state index contributed by atoms with van der Waals surface area (Å²) >= 11 is 11.8. The molecule has 3 rings (SSSR count). The molecule has 0 aliphatic rings. The van der Waals surface area contributed by atoms with E-state index < -0.39 is 10.9 Å². The lowest BCUT2D eigenvalue weighted by molar-refractivity contribution is -0.385. The molecule has 3 aromatic rings. The number of carbonyl (C=O) groups is 1. The molecule has 3 aromatic carbocycles. The third-order valence-electron chi connectivity index (χ3n) is 4.00. The van der Waals surface area contributed by atoms with Gasteiger partial charge in [-0.25, -0.2) is 4.79 Å². The van der Waals surface area contributed by atoms with Crippen molar-refractivity contribution < 1.29 is 14.5 Å². The number of hydrogen-bond donors (Lipinski definition) is 0. The Balaban J connectivity index is 1.87. The number of aliphatic imine (C=N–C) groups is 1. The van der Waals surface area contributed by atoms with Crippen molar-refractivity contribution in [3.8, 4) is 5.75 Å². The van der Waals surface area contributed by atoms with Crippen LogP contribution in [-0.2, 0) is 0 Å². The van der Waals surface area contributed by atoms with Gasteiger partial charge >= 0.3 is 11.7 Å². The van der Waals surface area contributed by atoms with Crippen molar-refractivity contribution in [1.29, 1.82) is 0 Å². The smallest absolute Gasteiger partial charge is 0.345 e. The highest BCUT2D eigenvalue weighted by molar-refractivity contribution is 6.36. The molecule has 0 unspecified atom stereocenters. The number of nitro benzene ring substituents is 1. The Kier molecular flexibility index (Phi) is 6.26. The van der Waals surface area contributed by atoms with Crippen LogP contribution in [0.4, 0.5) is 11.4 Å². The Morgan fingerprint density at radius 1 is 1.10 bits per heavy atom. The molecular weight excluding hydrogens is 415 g/mol. The van der Waals surface area contributed by atoms with E-state index in [-0.39, 0.29) is 22.0 Å². The molecule has 0 aromatic heterocycles. The van der Waals surface area contributed by atoms with Gasteiger partial charge in [0.1, 0.15) is 0 Å². The standard InChI is InChI=1S/C21H14Cl2N2O4/c1-13-4-2-3-5-18(13)24-12-14-6-9-20(19(10-14)25(27)28)29-21(26)16-8-7-15(22)11-17(16)23/h2-12H,1H3. The van der Waals surface area contributed by atoms with Gasteiger partial charge in [-0.05, 0) is 54.4 Å². The molecule has 29 heavy (non-hydrogen) atoms. The van der Waals surface area contributed by atoms with Crippen LogP contribution in [0, 0.1) is 17.0 Å². The number of ether oxygens (including phenoxy) is 1. The molecule has 0 N–H and O–H groups in total. The van der Waals surface area contributed by atoms with Crippen molar-refractivity contribution in [1.82, 2.24) is 0 Å². The Hall–Kier alpha value is -3.22. The monoisotopic (exact) mass is 428 g/mol. The largest absolute Gasteiger partial charge is 0.416 e. The summed E-state index contributed by atoms with van der Waals surface area (Å²) in [7, 11) is 0. The number of halogens is 2. The fourth-order valence-electron chi connectivity index (χ4n) is 2.51. The normalized spacial score (nSPS) is 10.9. The molecule has 6 nitrogen and oxygen atoms in total. The Morgan fingerprint density at radius 3 is 2.55 bits per heavy atom. The Labute approximate surface area is 176 Å². The second-order valence-corrected chi connectivity index (χ2v) is 6.89. The van der Waals surface area contributed by atoms with Gasteiger partial charge in [0.05, 0.1) is 21.2 Å². The second kappa shape index (κ2) is 8.86. The van der Waals surface area contributed by atoms with Crippen molar-refractivity contribution in [3.63, 3.8) is 0 Å². The SMILES string of the molecule is Cc1ccccc1N=Cc1ccc(OC(=O)c2ccc(Cl)cc2Cl)c([N+](=O)[O-])c1. The number of nitro groups is 1. The summed E-state index contributed by atoms with van der Waals surface area (Å²) in [5.41, 5.74) is 1.91. The quantitative estimate of drug-likeness (QED) is 0.159. The summed E-state index contributed by atoms with van der Waals surface area (Å²) in [6, 6.07) is 16.0. The topological polar surface area (TPSA) is 81.8 Å². The molecular formula is C21H14Cl2N2O4. The number of nitrogens with zero attached hydrogens (tertiary/aromatic N) is 2. The van der Waals surface area contributed by atoms with Crippen LogP contribution in [0.15, 0.2) is 65.7 Å². The Bertz CT molecular complexity index is 1130. The maximum Gasteiger partial charge on any atom is 0.345 e. The van der Waals surface area contributed by atoms with Crippen LogP contribution >= 0.6 is 23.2 Å². The summed E-state index contributed by atoms with van der Waals surface area (Å²) < 4.78 is 5.20. The third kappa shape index (κ3) is 4.99. The minimum Gasteiger partial charge on any atom is -0.416 e. The van der Waals surface area contributed by atoms with E-state index in [0.717, 1.165) is 11.3 Å². The van der Waals surface area contributed by atoms with Gasteiger partial charge in [0, 0.05) is 17.3 Å². The maximum absolute atomic E-state index is 12.4. The first-order valence-corrected chi connectivity index (χ1v) is 9.16. The molecule has 0 aliphatic heterocycles.